The molecule has 2 fully saturated rings. The molecule has 23 heavy (non-hydrogen) atoms. The molecule has 2 aliphatic rings. The lowest BCUT2D eigenvalue weighted by atomic mass is 9.92. The van der Waals surface area contributed by atoms with Gasteiger partial charge in [0.2, 0.25) is 0 Å². The summed E-state index contributed by atoms with van der Waals surface area (Å²) >= 11 is 1.44. The Morgan fingerprint density at radius 3 is 2.61 bits per heavy atom. The van der Waals surface area contributed by atoms with Gasteiger partial charge in [0.05, 0.1) is 16.6 Å². The second-order valence-electron chi connectivity index (χ2n) is 7.26. The van der Waals surface area contributed by atoms with Crippen LogP contribution in [0.5, 0.6) is 0 Å². The van der Waals surface area contributed by atoms with Crippen molar-refractivity contribution >= 4 is 23.2 Å². The molecule has 1 aliphatic heterocycles. The van der Waals surface area contributed by atoms with Gasteiger partial charge in [0, 0.05) is 13.1 Å². The Morgan fingerprint density at radius 1 is 1.35 bits per heavy atom. The van der Waals surface area contributed by atoms with Crippen LogP contribution in [0, 0.1) is 30.6 Å². The van der Waals surface area contributed by atoms with Gasteiger partial charge in [-0.2, -0.15) is 0 Å². The Kier molecular flexibility index (Phi) is 4.45. The Balaban J connectivity index is 1.79. The zero-order chi connectivity index (χ0) is 16.7. The van der Waals surface area contributed by atoms with Gasteiger partial charge in [-0.05, 0) is 43.9 Å². The zero-order valence-electron chi connectivity index (χ0n) is 13.9. The Bertz CT molecular complexity index is 621. The fraction of sp³-hybridized carbons (Fsp3) is 0.706. The van der Waals surface area contributed by atoms with E-state index in [2.05, 4.69) is 18.8 Å². The monoisotopic (exact) mass is 336 g/mol. The largest absolute Gasteiger partial charge is 0.481 e. The summed E-state index contributed by atoms with van der Waals surface area (Å²) in [7, 11) is 0. The van der Waals surface area contributed by atoms with Gasteiger partial charge in [0.1, 0.15) is 4.88 Å². The molecule has 1 aliphatic carbocycles. The van der Waals surface area contributed by atoms with E-state index in [0.29, 0.717) is 29.8 Å². The van der Waals surface area contributed by atoms with E-state index in [1.165, 1.54) is 11.3 Å². The first kappa shape index (κ1) is 16.4. The first-order chi connectivity index (χ1) is 10.9. The molecule has 0 bridgehead atoms. The maximum Gasteiger partial charge on any atom is 0.308 e. The lowest BCUT2D eigenvalue weighted by molar-refractivity contribution is -0.142. The summed E-state index contributed by atoms with van der Waals surface area (Å²) in [6.45, 7) is 7.07. The van der Waals surface area contributed by atoms with Crippen LogP contribution in [0.3, 0.4) is 0 Å². The molecule has 1 aromatic rings. The molecule has 5 nitrogen and oxygen atoms in total. The highest BCUT2D eigenvalue weighted by Gasteiger charge is 2.47. The Labute approximate surface area is 140 Å². The van der Waals surface area contributed by atoms with E-state index >= 15 is 0 Å². The van der Waals surface area contributed by atoms with Crippen LogP contribution in [0.15, 0.2) is 0 Å². The summed E-state index contributed by atoms with van der Waals surface area (Å²) in [6.07, 6.45) is 3.00. The summed E-state index contributed by atoms with van der Waals surface area (Å²) in [5.74, 6) is -0.145. The van der Waals surface area contributed by atoms with Crippen molar-refractivity contribution in [2.45, 2.75) is 40.0 Å². The first-order valence-electron chi connectivity index (χ1n) is 8.35. The zero-order valence-corrected chi connectivity index (χ0v) is 14.7. The predicted molar refractivity (Wildman–Crippen MR) is 88.6 cm³/mol. The molecule has 0 unspecified atom stereocenters. The highest BCUT2D eigenvalue weighted by molar-refractivity contribution is 7.13. The lowest BCUT2D eigenvalue weighted by Gasteiger charge is -2.16. The summed E-state index contributed by atoms with van der Waals surface area (Å²) in [6, 6.07) is 0. The van der Waals surface area contributed by atoms with Crippen LogP contribution < -0.4 is 0 Å². The molecule has 2 heterocycles. The number of carboxylic acid groups (broad SMARTS) is 1. The van der Waals surface area contributed by atoms with Crippen molar-refractivity contribution in [1.82, 2.24) is 9.88 Å². The van der Waals surface area contributed by atoms with Gasteiger partial charge >= 0.3 is 5.97 Å². The molecule has 0 radical (unpaired) electrons. The topological polar surface area (TPSA) is 70.5 Å². The van der Waals surface area contributed by atoms with Gasteiger partial charge in [-0.1, -0.05) is 13.8 Å². The highest BCUT2D eigenvalue weighted by atomic mass is 32.1. The van der Waals surface area contributed by atoms with Crippen LogP contribution in [0.25, 0.3) is 0 Å². The normalized spacial score (nSPS) is 24.4. The van der Waals surface area contributed by atoms with E-state index in [1.807, 2.05) is 6.92 Å². The number of amides is 1. The number of aromatic nitrogens is 1. The number of nitrogens with zero attached hydrogens (tertiary/aromatic N) is 2. The SMILES string of the molecule is Cc1nc(CC(C)C)c(C(=O)N2C[C@H](C(=O)O)[C@@H](C3CC3)C2)s1. The first-order valence-corrected chi connectivity index (χ1v) is 9.16. The number of likely N-dealkylation sites (tertiary alicyclic amines) is 1. The van der Waals surface area contributed by atoms with Gasteiger partial charge in [-0.25, -0.2) is 4.98 Å². The lowest BCUT2D eigenvalue weighted by Crippen LogP contribution is -2.30. The Morgan fingerprint density at radius 2 is 2.04 bits per heavy atom. The number of carbonyl (C=O) groups is 2. The molecule has 1 saturated heterocycles. The van der Waals surface area contributed by atoms with E-state index < -0.39 is 11.9 Å². The van der Waals surface area contributed by atoms with Crippen molar-refractivity contribution < 1.29 is 14.7 Å². The van der Waals surface area contributed by atoms with E-state index in [9.17, 15) is 14.7 Å². The molecule has 1 aromatic heterocycles. The average Bonchev–Trinajstić information content (AvgIpc) is 3.10. The third kappa shape index (κ3) is 3.42. The van der Waals surface area contributed by atoms with Gasteiger partial charge in [-0.3, -0.25) is 9.59 Å². The number of rotatable bonds is 5. The van der Waals surface area contributed by atoms with Gasteiger partial charge in [0.15, 0.2) is 0 Å². The van der Waals surface area contributed by atoms with E-state index in [0.717, 1.165) is 30.0 Å². The van der Waals surface area contributed by atoms with Gasteiger partial charge in [-0.15, -0.1) is 11.3 Å². The summed E-state index contributed by atoms with van der Waals surface area (Å²) < 4.78 is 0. The highest BCUT2D eigenvalue weighted by Crippen LogP contribution is 2.44. The molecule has 3 rings (SSSR count). The minimum atomic E-state index is -0.764. The number of hydrogen-bond donors (Lipinski definition) is 1. The molecular formula is C17H24N2O3S. The van der Waals surface area contributed by atoms with Gasteiger partial charge < -0.3 is 10.0 Å². The molecule has 0 aromatic carbocycles. The molecule has 0 spiro atoms. The van der Waals surface area contributed by atoms with Crippen molar-refractivity contribution in [3.63, 3.8) is 0 Å². The maximum absolute atomic E-state index is 12.9. The molecule has 1 N–H and O–H groups in total. The van der Waals surface area contributed by atoms with Crippen LogP contribution in [0.4, 0.5) is 0 Å². The fourth-order valence-corrected chi connectivity index (χ4v) is 4.48. The number of aliphatic carboxylic acids is 1. The standard InChI is InChI=1S/C17H24N2O3S/c1-9(2)6-14-15(23-10(3)18-14)16(20)19-7-12(11-4-5-11)13(8-19)17(21)22/h9,11-13H,4-8H2,1-3H3,(H,21,22)/t12-,13+/m1/s1. The smallest absolute Gasteiger partial charge is 0.308 e. The third-order valence-corrected chi connectivity index (χ3v) is 5.80. The van der Waals surface area contributed by atoms with Crippen LogP contribution in [0.2, 0.25) is 0 Å². The van der Waals surface area contributed by atoms with Crippen LogP contribution in [-0.4, -0.2) is 40.0 Å². The molecule has 126 valence electrons. The van der Waals surface area contributed by atoms with Crippen LogP contribution in [0.1, 0.15) is 47.1 Å². The van der Waals surface area contributed by atoms with E-state index in [-0.39, 0.29) is 11.8 Å². The molecule has 2 atom stereocenters. The number of carbonyl (C=O) groups excluding carboxylic acids is 1. The molecule has 6 heteroatoms. The van der Waals surface area contributed by atoms with Crippen molar-refractivity contribution in [1.29, 1.82) is 0 Å². The number of aryl methyl sites for hydroxylation is 1. The summed E-state index contributed by atoms with van der Waals surface area (Å²) in [5, 5.41) is 10.4. The fourth-order valence-electron chi connectivity index (χ4n) is 3.56. The number of carboxylic acids is 1. The molecular weight excluding hydrogens is 312 g/mol. The quantitative estimate of drug-likeness (QED) is 0.897. The Hall–Kier alpha value is -1.43. The molecule has 1 saturated carbocycles. The molecule has 1 amide bonds. The summed E-state index contributed by atoms with van der Waals surface area (Å²) in [5.41, 5.74) is 0.870. The number of thiazole rings is 1. The maximum atomic E-state index is 12.9. The van der Waals surface area contributed by atoms with Crippen molar-refractivity contribution in [2.24, 2.45) is 23.7 Å². The number of hydrogen-bond acceptors (Lipinski definition) is 4. The van der Waals surface area contributed by atoms with Crippen molar-refractivity contribution in [3.05, 3.63) is 15.6 Å². The van der Waals surface area contributed by atoms with Crippen molar-refractivity contribution in [3.8, 4) is 0 Å². The second kappa shape index (κ2) is 6.23. The van der Waals surface area contributed by atoms with Crippen molar-refractivity contribution in [2.75, 3.05) is 13.1 Å². The van der Waals surface area contributed by atoms with Crippen LogP contribution in [-0.2, 0) is 11.2 Å². The van der Waals surface area contributed by atoms with E-state index in [4.69, 9.17) is 0 Å². The van der Waals surface area contributed by atoms with Crippen LogP contribution >= 0.6 is 11.3 Å². The second-order valence-corrected chi connectivity index (χ2v) is 8.47. The van der Waals surface area contributed by atoms with Gasteiger partial charge in [0.25, 0.3) is 5.91 Å². The predicted octanol–water partition coefficient (Wildman–Crippen LogP) is 2.83. The minimum absolute atomic E-state index is 0.0272. The summed E-state index contributed by atoms with van der Waals surface area (Å²) in [4.78, 5) is 31.4. The average molecular weight is 336 g/mol. The third-order valence-electron chi connectivity index (χ3n) is 4.80. The van der Waals surface area contributed by atoms with E-state index in [1.54, 1.807) is 4.90 Å². The minimum Gasteiger partial charge on any atom is -0.481 e.